The lowest BCUT2D eigenvalue weighted by atomic mass is 9.88. The van der Waals surface area contributed by atoms with E-state index in [4.69, 9.17) is 30.5 Å². The molecule has 2 aromatic rings. The van der Waals surface area contributed by atoms with Gasteiger partial charge < -0.3 is 34.3 Å². The van der Waals surface area contributed by atoms with Gasteiger partial charge in [-0.2, -0.15) is 0 Å². The minimum atomic E-state index is -1.73. The fourth-order valence-electron chi connectivity index (χ4n) is 3.75. The summed E-state index contributed by atoms with van der Waals surface area (Å²) in [6.45, 7) is 4.46. The summed E-state index contributed by atoms with van der Waals surface area (Å²) in [5.41, 5.74) is 2.26. The average molecular weight is 453 g/mol. The molecular formula is C23H29ClO7. The molecule has 0 spiro atoms. The second kappa shape index (κ2) is 10.3. The number of hydrogen-bond acceptors (Lipinski definition) is 7. The van der Waals surface area contributed by atoms with E-state index in [1.807, 2.05) is 31.2 Å². The molecule has 1 heterocycles. The first-order valence-electron chi connectivity index (χ1n) is 10.3. The molecule has 0 radical (unpaired) electrons. The first-order valence-corrected chi connectivity index (χ1v) is 10.6. The highest BCUT2D eigenvalue weighted by Gasteiger charge is 2.56. The van der Waals surface area contributed by atoms with Gasteiger partial charge >= 0.3 is 0 Å². The fourth-order valence-corrected chi connectivity index (χ4v) is 3.93. The quantitative estimate of drug-likeness (QED) is 0.566. The third-order valence-corrected chi connectivity index (χ3v) is 5.67. The minimum absolute atomic E-state index is 0.188. The molecule has 1 fully saturated rings. The zero-order valence-electron chi connectivity index (χ0n) is 17.8. The van der Waals surface area contributed by atoms with Crippen LogP contribution >= 0.6 is 11.6 Å². The molecule has 1 aliphatic heterocycles. The van der Waals surface area contributed by atoms with E-state index in [2.05, 4.69) is 0 Å². The molecule has 0 aliphatic carbocycles. The second-order valence-electron chi connectivity index (χ2n) is 7.31. The Balaban J connectivity index is 1.96. The number of aliphatic hydroxyl groups is 3. The van der Waals surface area contributed by atoms with Crippen molar-refractivity contribution in [2.45, 2.75) is 50.7 Å². The van der Waals surface area contributed by atoms with Gasteiger partial charge in [0, 0.05) is 24.3 Å². The van der Waals surface area contributed by atoms with Crippen molar-refractivity contribution in [2.24, 2.45) is 0 Å². The van der Waals surface area contributed by atoms with Gasteiger partial charge in [0.1, 0.15) is 24.1 Å². The molecule has 5 atom stereocenters. The van der Waals surface area contributed by atoms with Gasteiger partial charge in [-0.1, -0.05) is 29.8 Å². The third-order valence-electron chi connectivity index (χ3n) is 5.30. The summed E-state index contributed by atoms with van der Waals surface area (Å²) in [5.74, 6) is -0.940. The maximum atomic E-state index is 10.8. The van der Waals surface area contributed by atoms with Gasteiger partial charge in [0.2, 0.25) is 5.79 Å². The van der Waals surface area contributed by atoms with Crippen molar-refractivity contribution in [1.82, 2.24) is 0 Å². The number of methoxy groups -OCH3 is 1. The molecule has 31 heavy (non-hydrogen) atoms. The third kappa shape index (κ3) is 4.88. The van der Waals surface area contributed by atoms with Gasteiger partial charge in [-0.15, -0.1) is 0 Å². The van der Waals surface area contributed by atoms with E-state index in [1.165, 1.54) is 7.11 Å². The number of hydrogen-bond donors (Lipinski definition) is 3. The van der Waals surface area contributed by atoms with Crippen molar-refractivity contribution in [3.05, 3.63) is 64.2 Å². The standard InChI is InChI=1S/C23H29ClO7/c1-4-29-17-9-6-14(7-10-17)12-15-13-16(8-11-18(15)24)23(30-5-2)21(27)19(25)20(26)22(28-3)31-23/h6-11,13,19-22,25-27H,4-5,12H2,1-3H3/t19-,20-,21+,22+,23-/m0/s1. The Morgan fingerprint density at radius 3 is 2.32 bits per heavy atom. The number of benzene rings is 2. The molecule has 8 heteroatoms. The van der Waals surface area contributed by atoms with Gasteiger partial charge in [0.15, 0.2) is 6.29 Å². The van der Waals surface area contributed by atoms with Crippen molar-refractivity contribution in [3.8, 4) is 5.75 Å². The van der Waals surface area contributed by atoms with E-state index in [0.29, 0.717) is 23.6 Å². The van der Waals surface area contributed by atoms with Crippen LogP contribution in [-0.2, 0) is 26.4 Å². The molecule has 0 bridgehead atoms. The maximum absolute atomic E-state index is 10.8. The fraction of sp³-hybridized carbons (Fsp3) is 0.478. The predicted octanol–water partition coefficient (Wildman–Crippen LogP) is 2.60. The van der Waals surface area contributed by atoms with Crippen LogP contribution in [0.2, 0.25) is 5.02 Å². The Hall–Kier alpha value is -1.71. The van der Waals surface area contributed by atoms with Crippen molar-refractivity contribution < 1.29 is 34.3 Å². The van der Waals surface area contributed by atoms with Crippen molar-refractivity contribution >= 4 is 11.6 Å². The van der Waals surface area contributed by atoms with Crippen LogP contribution in [0.25, 0.3) is 0 Å². The molecule has 3 rings (SSSR count). The number of ether oxygens (including phenoxy) is 4. The Morgan fingerprint density at radius 1 is 1.00 bits per heavy atom. The highest BCUT2D eigenvalue weighted by atomic mass is 35.5. The summed E-state index contributed by atoms with van der Waals surface area (Å²) in [5, 5.41) is 31.9. The zero-order chi connectivity index (χ0) is 22.6. The first kappa shape index (κ1) is 23.9. The van der Waals surface area contributed by atoms with Crippen LogP contribution in [-0.4, -0.2) is 60.2 Å². The Bertz CT molecular complexity index is 858. The van der Waals surface area contributed by atoms with E-state index in [9.17, 15) is 15.3 Å². The summed E-state index contributed by atoms with van der Waals surface area (Å²) in [7, 11) is 1.34. The highest BCUT2D eigenvalue weighted by Crippen LogP contribution is 2.41. The largest absolute Gasteiger partial charge is 0.494 e. The van der Waals surface area contributed by atoms with E-state index in [0.717, 1.165) is 16.9 Å². The molecule has 1 saturated heterocycles. The number of rotatable bonds is 8. The van der Waals surface area contributed by atoms with Crippen LogP contribution in [0.15, 0.2) is 42.5 Å². The highest BCUT2D eigenvalue weighted by molar-refractivity contribution is 6.31. The van der Waals surface area contributed by atoms with Crippen LogP contribution in [0.4, 0.5) is 0 Å². The van der Waals surface area contributed by atoms with Crippen molar-refractivity contribution in [2.75, 3.05) is 20.3 Å². The molecule has 0 unspecified atom stereocenters. The molecule has 1 aliphatic rings. The SMILES string of the molecule is CCOc1ccc(Cc2cc([C@]3(OCC)O[C@@H](OC)[C@@H](O)[C@H](O)[C@H]3O)ccc2Cl)cc1. The van der Waals surface area contributed by atoms with Crippen LogP contribution < -0.4 is 4.74 Å². The van der Waals surface area contributed by atoms with Crippen LogP contribution in [0.5, 0.6) is 5.75 Å². The topological polar surface area (TPSA) is 97.6 Å². The second-order valence-corrected chi connectivity index (χ2v) is 7.72. The van der Waals surface area contributed by atoms with Crippen LogP contribution in [0, 0.1) is 0 Å². The molecule has 0 aromatic heterocycles. The van der Waals surface area contributed by atoms with Crippen molar-refractivity contribution in [3.63, 3.8) is 0 Å². The lowest BCUT2D eigenvalue weighted by Crippen LogP contribution is -2.64. The summed E-state index contributed by atoms with van der Waals surface area (Å²) >= 11 is 6.45. The molecule has 0 amide bonds. The number of halogens is 1. The monoisotopic (exact) mass is 452 g/mol. The lowest BCUT2D eigenvalue weighted by Gasteiger charge is -2.47. The van der Waals surface area contributed by atoms with E-state index >= 15 is 0 Å². The van der Waals surface area contributed by atoms with E-state index in [-0.39, 0.29) is 6.61 Å². The molecule has 2 aromatic carbocycles. The summed E-state index contributed by atoms with van der Waals surface area (Å²) in [6.07, 6.45) is -5.17. The van der Waals surface area contributed by atoms with E-state index in [1.54, 1.807) is 25.1 Å². The summed E-state index contributed by atoms with van der Waals surface area (Å²) in [4.78, 5) is 0. The zero-order valence-corrected chi connectivity index (χ0v) is 18.6. The van der Waals surface area contributed by atoms with Crippen LogP contribution in [0.3, 0.4) is 0 Å². The Morgan fingerprint density at radius 2 is 1.71 bits per heavy atom. The normalized spacial score (nSPS) is 28.5. The summed E-state index contributed by atoms with van der Waals surface area (Å²) in [6, 6.07) is 12.8. The summed E-state index contributed by atoms with van der Waals surface area (Å²) < 4.78 is 22.3. The van der Waals surface area contributed by atoms with E-state index < -0.39 is 30.4 Å². The lowest BCUT2D eigenvalue weighted by molar-refractivity contribution is -0.406. The van der Waals surface area contributed by atoms with Gasteiger partial charge in [-0.25, -0.2) is 0 Å². The Kier molecular flexibility index (Phi) is 7.93. The van der Waals surface area contributed by atoms with Gasteiger partial charge in [0.25, 0.3) is 0 Å². The smallest absolute Gasteiger partial charge is 0.226 e. The predicted molar refractivity (Wildman–Crippen MR) is 115 cm³/mol. The van der Waals surface area contributed by atoms with Crippen molar-refractivity contribution in [1.29, 1.82) is 0 Å². The van der Waals surface area contributed by atoms with Gasteiger partial charge in [0.05, 0.1) is 6.61 Å². The minimum Gasteiger partial charge on any atom is -0.494 e. The molecule has 7 nitrogen and oxygen atoms in total. The van der Waals surface area contributed by atoms with Gasteiger partial charge in [-0.05, 0) is 55.7 Å². The molecule has 0 saturated carbocycles. The maximum Gasteiger partial charge on any atom is 0.226 e. The number of aliphatic hydroxyl groups excluding tert-OH is 3. The average Bonchev–Trinajstić information content (AvgIpc) is 2.77. The van der Waals surface area contributed by atoms with Gasteiger partial charge in [-0.3, -0.25) is 0 Å². The Labute approximate surface area is 187 Å². The van der Waals surface area contributed by atoms with Crippen LogP contribution in [0.1, 0.15) is 30.5 Å². The first-order chi connectivity index (χ1) is 14.9. The molecule has 3 N–H and O–H groups in total. The molecule has 170 valence electrons. The molecular weight excluding hydrogens is 424 g/mol.